The van der Waals surface area contributed by atoms with Gasteiger partial charge < -0.3 is 10.3 Å². The highest BCUT2D eigenvalue weighted by molar-refractivity contribution is 5.79. The van der Waals surface area contributed by atoms with Crippen molar-refractivity contribution in [3.63, 3.8) is 0 Å². The number of rotatable bonds is 5. The van der Waals surface area contributed by atoms with Gasteiger partial charge in [-0.1, -0.05) is 48.5 Å². The second-order valence-corrected chi connectivity index (χ2v) is 7.32. The Balaban J connectivity index is 1.39. The molecule has 1 aromatic heterocycles. The van der Waals surface area contributed by atoms with Crippen molar-refractivity contribution in [1.29, 1.82) is 0 Å². The first-order valence-corrected chi connectivity index (χ1v) is 9.69. The van der Waals surface area contributed by atoms with Gasteiger partial charge in [0.2, 0.25) is 5.91 Å². The van der Waals surface area contributed by atoms with Gasteiger partial charge in [-0.3, -0.25) is 4.79 Å². The van der Waals surface area contributed by atoms with E-state index < -0.39 is 0 Å². The van der Waals surface area contributed by atoms with Crippen LogP contribution in [-0.2, 0) is 24.1 Å². The summed E-state index contributed by atoms with van der Waals surface area (Å²) in [5.41, 5.74) is 6.00. The second kappa shape index (κ2) is 7.78. The molecular formula is C23H25N3O. The molecule has 1 atom stereocenters. The van der Waals surface area contributed by atoms with E-state index in [-0.39, 0.29) is 11.9 Å². The lowest BCUT2D eigenvalue weighted by Crippen LogP contribution is -2.28. The lowest BCUT2D eigenvalue weighted by molar-refractivity contribution is -0.121. The Morgan fingerprint density at radius 1 is 1.11 bits per heavy atom. The molecule has 4 rings (SSSR count). The number of benzene rings is 2. The van der Waals surface area contributed by atoms with E-state index in [4.69, 9.17) is 0 Å². The minimum atomic E-state index is -0.160. The number of carbonyl (C=O) groups is 1. The number of fused-ring (bicyclic) bond motifs is 1. The molecule has 4 heteroatoms. The van der Waals surface area contributed by atoms with Crippen LogP contribution < -0.4 is 5.32 Å². The molecule has 138 valence electrons. The highest BCUT2D eigenvalue weighted by atomic mass is 16.1. The van der Waals surface area contributed by atoms with E-state index in [1.807, 2.05) is 43.5 Å². The van der Waals surface area contributed by atoms with Crippen molar-refractivity contribution in [3.05, 3.63) is 77.2 Å². The molecule has 0 bridgehead atoms. The Morgan fingerprint density at radius 2 is 1.89 bits per heavy atom. The van der Waals surface area contributed by atoms with Crippen LogP contribution in [0.1, 0.15) is 48.3 Å². The number of nitrogens with zero attached hydrogens (tertiary/aromatic N) is 1. The summed E-state index contributed by atoms with van der Waals surface area (Å²) in [5.74, 6) is 0.795. The smallest absolute Gasteiger partial charge is 0.224 e. The summed E-state index contributed by atoms with van der Waals surface area (Å²) in [4.78, 5) is 20.2. The summed E-state index contributed by atoms with van der Waals surface area (Å²) in [6.07, 6.45) is 7.05. The lowest BCUT2D eigenvalue weighted by Gasteiger charge is -2.17. The average Bonchev–Trinajstić information content (AvgIpc) is 3.19. The molecule has 1 heterocycles. The van der Waals surface area contributed by atoms with Crippen LogP contribution in [0.25, 0.3) is 11.3 Å². The molecule has 0 saturated heterocycles. The maximum atomic E-state index is 12.5. The topological polar surface area (TPSA) is 57.8 Å². The molecule has 1 aliphatic rings. The number of aromatic amines is 1. The van der Waals surface area contributed by atoms with Gasteiger partial charge >= 0.3 is 0 Å². The van der Waals surface area contributed by atoms with Crippen molar-refractivity contribution < 1.29 is 4.79 Å². The molecule has 0 saturated carbocycles. The third-order valence-corrected chi connectivity index (χ3v) is 5.25. The van der Waals surface area contributed by atoms with Gasteiger partial charge in [0.15, 0.2) is 0 Å². The van der Waals surface area contributed by atoms with Gasteiger partial charge in [-0.25, -0.2) is 4.98 Å². The molecule has 0 radical (unpaired) electrons. The van der Waals surface area contributed by atoms with Gasteiger partial charge in [-0.05, 0) is 54.9 Å². The molecule has 4 nitrogen and oxygen atoms in total. The number of hydrogen-bond acceptors (Lipinski definition) is 2. The zero-order valence-electron chi connectivity index (χ0n) is 15.7. The van der Waals surface area contributed by atoms with Gasteiger partial charge in [-0.15, -0.1) is 0 Å². The van der Waals surface area contributed by atoms with Crippen molar-refractivity contribution in [2.75, 3.05) is 0 Å². The fraction of sp³-hybridized carbons (Fsp3) is 0.304. The lowest BCUT2D eigenvalue weighted by atomic mass is 9.90. The van der Waals surface area contributed by atoms with E-state index in [0.29, 0.717) is 6.42 Å². The Bertz CT molecular complexity index is 930. The minimum Gasteiger partial charge on any atom is -0.346 e. The SMILES string of the molecule is C[C@@H](NC(=O)Cc1ccc2c(c1)CCCC2)c1ncc(-c2ccccc2)[nH]1. The van der Waals surface area contributed by atoms with Crippen LogP contribution in [0.2, 0.25) is 0 Å². The summed E-state index contributed by atoms with van der Waals surface area (Å²) in [5, 5.41) is 3.06. The summed E-state index contributed by atoms with van der Waals surface area (Å²) in [7, 11) is 0. The monoisotopic (exact) mass is 359 g/mol. The van der Waals surface area contributed by atoms with Crippen LogP contribution in [0.5, 0.6) is 0 Å². The van der Waals surface area contributed by atoms with Gasteiger partial charge in [0.05, 0.1) is 24.4 Å². The Hall–Kier alpha value is -2.88. The largest absolute Gasteiger partial charge is 0.346 e. The number of carbonyl (C=O) groups excluding carboxylic acids is 1. The van der Waals surface area contributed by atoms with Crippen molar-refractivity contribution in [1.82, 2.24) is 15.3 Å². The predicted octanol–water partition coefficient (Wildman–Crippen LogP) is 4.38. The first-order chi connectivity index (χ1) is 13.2. The predicted molar refractivity (Wildman–Crippen MR) is 107 cm³/mol. The number of amides is 1. The summed E-state index contributed by atoms with van der Waals surface area (Å²) >= 11 is 0. The van der Waals surface area contributed by atoms with Gasteiger partial charge in [0, 0.05) is 0 Å². The van der Waals surface area contributed by atoms with Gasteiger partial charge in [0.1, 0.15) is 5.82 Å². The maximum absolute atomic E-state index is 12.5. The molecule has 27 heavy (non-hydrogen) atoms. The maximum Gasteiger partial charge on any atom is 0.224 e. The van der Waals surface area contributed by atoms with Crippen LogP contribution >= 0.6 is 0 Å². The van der Waals surface area contributed by atoms with E-state index >= 15 is 0 Å². The molecule has 2 N–H and O–H groups in total. The minimum absolute atomic E-state index is 0.0240. The highest BCUT2D eigenvalue weighted by Crippen LogP contribution is 2.23. The Kier molecular flexibility index (Phi) is 5.05. The van der Waals surface area contributed by atoms with E-state index in [0.717, 1.165) is 29.1 Å². The summed E-state index contributed by atoms with van der Waals surface area (Å²) in [6, 6.07) is 16.4. The third kappa shape index (κ3) is 4.11. The molecule has 0 fully saturated rings. The van der Waals surface area contributed by atoms with Crippen LogP contribution in [0.3, 0.4) is 0 Å². The van der Waals surface area contributed by atoms with E-state index in [1.165, 1.54) is 30.4 Å². The van der Waals surface area contributed by atoms with Crippen LogP contribution in [0, 0.1) is 0 Å². The first kappa shape index (κ1) is 17.5. The van der Waals surface area contributed by atoms with E-state index in [2.05, 4.69) is 33.5 Å². The van der Waals surface area contributed by atoms with Gasteiger partial charge in [-0.2, -0.15) is 0 Å². The molecule has 2 aromatic carbocycles. The van der Waals surface area contributed by atoms with Crippen molar-refractivity contribution >= 4 is 5.91 Å². The number of nitrogens with one attached hydrogen (secondary N) is 2. The molecular weight excluding hydrogens is 334 g/mol. The quantitative estimate of drug-likeness (QED) is 0.710. The molecule has 0 unspecified atom stereocenters. The average molecular weight is 359 g/mol. The number of imidazole rings is 1. The molecule has 0 spiro atoms. The number of hydrogen-bond donors (Lipinski definition) is 2. The second-order valence-electron chi connectivity index (χ2n) is 7.32. The highest BCUT2D eigenvalue weighted by Gasteiger charge is 2.15. The van der Waals surface area contributed by atoms with Gasteiger partial charge in [0.25, 0.3) is 0 Å². The standard InChI is InChI=1S/C23H25N3O/c1-16(23-24-15-21(26-23)19-8-3-2-4-9-19)25-22(27)14-17-11-12-18-7-5-6-10-20(18)13-17/h2-4,8-9,11-13,15-16H,5-7,10,14H2,1H3,(H,24,26)(H,25,27)/t16-/m1/s1. The molecule has 1 amide bonds. The van der Waals surface area contributed by atoms with E-state index in [9.17, 15) is 4.79 Å². The van der Waals surface area contributed by atoms with Crippen LogP contribution in [0.15, 0.2) is 54.7 Å². The normalized spacial score (nSPS) is 14.4. The zero-order valence-corrected chi connectivity index (χ0v) is 15.7. The molecule has 1 aliphatic carbocycles. The first-order valence-electron chi connectivity index (χ1n) is 9.69. The van der Waals surface area contributed by atoms with Crippen molar-refractivity contribution in [2.24, 2.45) is 0 Å². The zero-order chi connectivity index (χ0) is 18.6. The van der Waals surface area contributed by atoms with Crippen molar-refractivity contribution in [3.8, 4) is 11.3 Å². The van der Waals surface area contributed by atoms with E-state index in [1.54, 1.807) is 0 Å². The third-order valence-electron chi connectivity index (χ3n) is 5.25. The van der Waals surface area contributed by atoms with Crippen molar-refractivity contribution in [2.45, 2.75) is 45.1 Å². The number of H-pyrrole nitrogens is 1. The number of aryl methyl sites for hydroxylation is 2. The fourth-order valence-electron chi connectivity index (χ4n) is 3.76. The summed E-state index contributed by atoms with van der Waals surface area (Å²) < 4.78 is 0. The molecule has 3 aromatic rings. The van der Waals surface area contributed by atoms with Crippen LogP contribution in [-0.4, -0.2) is 15.9 Å². The fourth-order valence-corrected chi connectivity index (χ4v) is 3.76. The Morgan fingerprint density at radius 3 is 2.70 bits per heavy atom. The Labute approximate surface area is 160 Å². The summed E-state index contributed by atoms with van der Waals surface area (Å²) in [6.45, 7) is 1.96. The number of aromatic nitrogens is 2. The van der Waals surface area contributed by atoms with Crippen LogP contribution in [0.4, 0.5) is 0 Å². The molecule has 0 aliphatic heterocycles.